The lowest BCUT2D eigenvalue weighted by atomic mass is 10.1. The Hall–Kier alpha value is -2.73. The van der Waals surface area contributed by atoms with E-state index in [0.29, 0.717) is 39.4 Å². The van der Waals surface area contributed by atoms with E-state index in [1.165, 1.54) is 0 Å². The van der Waals surface area contributed by atoms with Crippen LogP contribution in [-0.2, 0) is 17.9 Å². The Morgan fingerprint density at radius 3 is 2.67 bits per heavy atom. The van der Waals surface area contributed by atoms with Crippen LogP contribution in [0.4, 0.5) is 0 Å². The summed E-state index contributed by atoms with van der Waals surface area (Å²) >= 11 is 0. The molecular formula is C24H32N2O4. The van der Waals surface area contributed by atoms with Gasteiger partial charge in [-0.2, -0.15) is 0 Å². The molecule has 1 heterocycles. The molecule has 162 valence electrons. The Balaban J connectivity index is 1.86. The highest BCUT2D eigenvalue weighted by Gasteiger charge is 2.18. The number of nitrogens with zero attached hydrogens (tertiary/aromatic N) is 1. The van der Waals surface area contributed by atoms with Crippen molar-refractivity contribution in [3.63, 3.8) is 0 Å². The van der Waals surface area contributed by atoms with Crippen molar-refractivity contribution in [3.8, 4) is 17.2 Å². The van der Waals surface area contributed by atoms with Crippen molar-refractivity contribution < 1.29 is 19.0 Å². The summed E-state index contributed by atoms with van der Waals surface area (Å²) in [4.78, 5) is 14.7. The largest absolute Gasteiger partial charge is 0.497 e. The second-order valence-electron chi connectivity index (χ2n) is 7.43. The highest BCUT2D eigenvalue weighted by atomic mass is 16.5. The summed E-state index contributed by atoms with van der Waals surface area (Å²) < 4.78 is 17.2. The first-order valence-corrected chi connectivity index (χ1v) is 10.7. The van der Waals surface area contributed by atoms with Gasteiger partial charge in [0.1, 0.15) is 5.75 Å². The Bertz CT molecular complexity index is 807. The van der Waals surface area contributed by atoms with Gasteiger partial charge in [-0.3, -0.25) is 9.69 Å². The van der Waals surface area contributed by atoms with Gasteiger partial charge in [0.2, 0.25) is 5.91 Å². The summed E-state index contributed by atoms with van der Waals surface area (Å²) in [5.41, 5.74) is 2.15. The van der Waals surface area contributed by atoms with Crippen molar-refractivity contribution in [2.24, 2.45) is 0 Å². The van der Waals surface area contributed by atoms with E-state index in [2.05, 4.69) is 16.3 Å². The quantitative estimate of drug-likeness (QED) is 0.810. The molecule has 1 amide bonds. The zero-order valence-corrected chi connectivity index (χ0v) is 18.0. The zero-order valence-electron chi connectivity index (χ0n) is 18.0. The van der Waals surface area contributed by atoms with Crippen LogP contribution in [0.25, 0.3) is 0 Å². The number of para-hydroxylation sites is 1. The second-order valence-corrected chi connectivity index (χ2v) is 7.43. The molecule has 1 N–H and O–H groups in total. The summed E-state index contributed by atoms with van der Waals surface area (Å²) in [5, 5.41) is 3.04. The molecule has 0 aromatic heterocycles. The third-order valence-electron chi connectivity index (χ3n) is 5.08. The number of amides is 1. The summed E-state index contributed by atoms with van der Waals surface area (Å²) in [6.07, 6.45) is 2.92. The average Bonchev–Trinajstić information content (AvgIpc) is 2.76. The van der Waals surface area contributed by atoms with Gasteiger partial charge in [0.15, 0.2) is 11.5 Å². The predicted octanol–water partition coefficient (Wildman–Crippen LogP) is 3.78. The highest BCUT2D eigenvalue weighted by molar-refractivity contribution is 5.78. The Morgan fingerprint density at radius 2 is 1.90 bits per heavy atom. The number of methoxy groups -OCH3 is 1. The Kier molecular flexibility index (Phi) is 8.39. The fourth-order valence-electron chi connectivity index (χ4n) is 3.58. The normalized spacial score (nSPS) is 16.1. The van der Waals surface area contributed by atoms with E-state index in [1.807, 2.05) is 43.3 Å². The number of carbonyl (C=O) groups is 1. The lowest BCUT2D eigenvalue weighted by Crippen LogP contribution is -2.37. The van der Waals surface area contributed by atoms with Crippen molar-refractivity contribution in [3.05, 3.63) is 53.6 Å². The predicted molar refractivity (Wildman–Crippen MR) is 117 cm³/mol. The molecule has 0 spiro atoms. The van der Waals surface area contributed by atoms with Gasteiger partial charge in [0.05, 0.1) is 26.9 Å². The highest BCUT2D eigenvalue weighted by Crippen LogP contribution is 2.33. The van der Waals surface area contributed by atoms with Crippen LogP contribution in [0.3, 0.4) is 0 Å². The van der Waals surface area contributed by atoms with E-state index in [0.717, 1.165) is 47.6 Å². The summed E-state index contributed by atoms with van der Waals surface area (Å²) in [5.74, 6) is 2.42. The summed E-state index contributed by atoms with van der Waals surface area (Å²) in [6, 6.07) is 13.9. The second kappa shape index (κ2) is 11.5. The zero-order chi connectivity index (χ0) is 21.2. The van der Waals surface area contributed by atoms with Crippen LogP contribution in [0.1, 0.15) is 37.3 Å². The summed E-state index contributed by atoms with van der Waals surface area (Å²) in [7, 11) is 1.66. The molecule has 0 fully saturated rings. The van der Waals surface area contributed by atoms with E-state index in [1.54, 1.807) is 7.11 Å². The molecule has 0 aliphatic carbocycles. The molecule has 0 unspecified atom stereocenters. The average molecular weight is 413 g/mol. The van der Waals surface area contributed by atoms with Crippen molar-refractivity contribution in [2.45, 2.75) is 39.3 Å². The van der Waals surface area contributed by atoms with Gasteiger partial charge in [-0.15, -0.1) is 0 Å². The number of hydrogen-bond acceptors (Lipinski definition) is 5. The molecule has 0 saturated carbocycles. The van der Waals surface area contributed by atoms with Crippen LogP contribution in [0.2, 0.25) is 0 Å². The first-order chi connectivity index (χ1) is 14.7. The third-order valence-corrected chi connectivity index (χ3v) is 5.08. The van der Waals surface area contributed by atoms with Crippen LogP contribution in [0.15, 0.2) is 42.5 Å². The van der Waals surface area contributed by atoms with Crippen LogP contribution in [0.5, 0.6) is 17.2 Å². The number of hydrogen-bond donors (Lipinski definition) is 1. The monoisotopic (exact) mass is 412 g/mol. The van der Waals surface area contributed by atoms with Gasteiger partial charge in [0, 0.05) is 25.2 Å². The van der Waals surface area contributed by atoms with Gasteiger partial charge in [-0.1, -0.05) is 24.3 Å². The molecule has 0 saturated heterocycles. The van der Waals surface area contributed by atoms with Gasteiger partial charge in [-0.25, -0.2) is 0 Å². The van der Waals surface area contributed by atoms with E-state index in [9.17, 15) is 4.79 Å². The number of nitrogens with one attached hydrogen (secondary N) is 1. The van der Waals surface area contributed by atoms with Crippen molar-refractivity contribution in [1.29, 1.82) is 0 Å². The number of carbonyl (C=O) groups excluding carboxylic acids is 1. The van der Waals surface area contributed by atoms with Crippen molar-refractivity contribution >= 4 is 5.91 Å². The number of rotatable bonds is 5. The first kappa shape index (κ1) is 22.0. The summed E-state index contributed by atoms with van der Waals surface area (Å²) in [6.45, 7) is 5.46. The molecule has 1 aliphatic heterocycles. The lowest BCUT2D eigenvalue weighted by Gasteiger charge is -2.24. The third kappa shape index (κ3) is 6.39. The first-order valence-electron chi connectivity index (χ1n) is 10.7. The van der Waals surface area contributed by atoms with E-state index < -0.39 is 0 Å². The number of benzene rings is 2. The SMILES string of the molecule is CCOc1cccc2c1OCCCCCNC(=O)CN(Cc1ccc(OC)cc1)C2. The molecule has 2 aromatic carbocycles. The molecule has 6 heteroatoms. The minimum absolute atomic E-state index is 0.0474. The van der Waals surface area contributed by atoms with Crippen LogP contribution >= 0.6 is 0 Å². The Labute approximate surface area is 179 Å². The van der Waals surface area contributed by atoms with Gasteiger partial charge in [-0.05, 0) is 49.9 Å². The van der Waals surface area contributed by atoms with Crippen molar-refractivity contribution in [2.75, 3.05) is 33.4 Å². The number of fused-ring (bicyclic) bond motifs is 1. The smallest absolute Gasteiger partial charge is 0.234 e. The molecule has 2 aromatic rings. The molecule has 30 heavy (non-hydrogen) atoms. The van der Waals surface area contributed by atoms with Gasteiger partial charge >= 0.3 is 0 Å². The van der Waals surface area contributed by atoms with E-state index >= 15 is 0 Å². The maximum atomic E-state index is 12.5. The standard InChI is InChI=1S/C24H32N2O4/c1-3-29-22-9-7-8-20-17-26(16-19-10-12-21(28-2)13-11-19)18-23(27)25-14-5-4-6-15-30-24(20)22/h7-13H,3-6,14-18H2,1-2H3,(H,25,27). The van der Waals surface area contributed by atoms with Gasteiger partial charge in [0.25, 0.3) is 0 Å². The molecule has 1 aliphatic rings. The molecular weight excluding hydrogens is 380 g/mol. The van der Waals surface area contributed by atoms with E-state index in [4.69, 9.17) is 14.2 Å². The molecule has 0 radical (unpaired) electrons. The molecule has 0 atom stereocenters. The van der Waals surface area contributed by atoms with E-state index in [-0.39, 0.29) is 5.91 Å². The van der Waals surface area contributed by atoms with Crippen molar-refractivity contribution in [1.82, 2.24) is 10.2 Å². The molecule has 6 nitrogen and oxygen atoms in total. The fraction of sp³-hybridized carbons (Fsp3) is 0.458. The fourth-order valence-corrected chi connectivity index (χ4v) is 3.58. The topological polar surface area (TPSA) is 60.0 Å². The minimum atomic E-state index is 0.0474. The molecule has 0 bridgehead atoms. The molecule has 3 rings (SSSR count). The number of ether oxygens (including phenoxy) is 3. The lowest BCUT2D eigenvalue weighted by molar-refractivity contribution is -0.122. The van der Waals surface area contributed by atoms with Crippen LogP contribution < -0.4 is 19.5 Å². The minimum Gasteiger partial charge on any atom is -0.497 e. The van der Waals surface area contributed by atoms with Gasteiger partial charge < -0.3 is 19.5 Å². The van der Waals surface area contributed by atoms with Crippen LogP contribution in [0, 0.1) is 0 Å². The maximum absolute atomic E-state index is 12.5. The van der Waals surface area contributed by atoms with Crippen LogP contribution in [-0.4, -0.2) is 44.2 Å². The Morgan fingerprint density at radius 1 is 1.07 bits per heavy atom. The maximum Gasteiger partial charge on any atom is 0.234 e.